The second-order valence-corrected chi connectivity index (χ2v) is 14.4. The fraction of sp³-hybridized carbons (Fsp3) is 0. The number of thiophene rings is 1. The molecule has 0 fully saturated rings. The van der Waals surface area contributed by atoms with Crippen molar-refractivity contribution < 1.29 is 0 Å². The Kier molecular flexibility index (Phi) is 6.16. The van der Waals surface area contributed by atoms with E-state index in [2.05, 4.69) is 191 Å². The summed E-state index contributed by atoms with van der Waals surface area (Å²) in [7, 11) is 0. The van der Waals surface area contributed by atoms with E-state index in [0.717, 1.165) is 11.4 Å². The fourth-order valence-electron chi connectivity index (χ4n) is 8.22. The van der Waals surface area contributed by atoms with E-state index in [4.69, 9.17) is 0 Å². The minimum absolute atomic E-state index is 1.16. The lowest BCUT2D eigenvalue weighted by Gasteiger charge is -2.10. The summed E-state index contributed by atoms with van der Waals surface area (Å²) in [6, 6.07) is 66.6. The second kappa shape index (κ2) is 11.0. The Labute approximate surface area is 298 Å². The van der Waals surface area contributed by atoms with E-state index in [9.17, 15) is 0 Å². The van der Waals surface area contributed by atoms with Gasteiger partial charge in [0.05, 0.1) is 22.1 Å². The van der Waals surface area contributed by atoms with Gasteiger partial charge in [-0.3, -0.25) is 0 Å². The standard InChI is InChI=1S/C48H30N2S/c1-3-11-31(12-4-1)32-19-23-36(24-20-32)50-41-17-9-7-16-38(41)47-43(50)26-27-44-48(47)40-30-33(21-25-42(40)49(44)35-13-5-2-6-14-35)34-22-28-46-39(29-34)37-15-8-10-18-45(37)51-46/h1-30H. The van der Waals surface area contributed by atoms with Crippen molar-refractivity contribution in [3.63, 3.8) is 0 Å². The fourth-order valence-corrected chi connectivity index (χ4v) is 9.31. The number of hydrogen-bond donors (Lipinski definition) is 0. The van der Waals surface area contributed by atoms with Crippen molar-refractivity contribution in [3.05, 3.63) is 182 Å². The van der Waals surface area contributed by atoms with Gasteiger partial charge in [-0.15, -0.1) is 11.3 Å². The van der Waals surface area contributed by atoms with Crippen LogP contribution < -0.4 is 0 Å². The predicted octanol–water partition coefficient (Wildman–Crippen LogP) is 13.6. The summed E-state index contributed by atoms with van der Waals surface area (Å²) in [5, 5.41) is 7.73. The second-order valence-electron chi connectivity index (χ2n) is 13.3. The van der Waals surface area contributed by atoms with E-state index in [1.54, 1.807) is 0 Å². The van der Waals surface area contributed by atoms with Crippen LogP contribution >= 0.6 is 11.3 Å². The molecule has 0 saturated carbocycles. The number of benzene rings is 8. The molecular weight excluding hydrogens is 637 g/mol. The number of rotatable bonds is 4. The first-order valence-electron chi connectivity index (χ1n) is 17.4. The van der Waals surface area contributed by atoms with E-state index >= 15 is 0 Å². The highest BCUT2D eigenvalue weighted by Crippen LogP contribution is 2.44. The first-order valence-corrected chi connectivity index (χ1v) is 18.3. The predicted molar refractivity (Wildman–Crippen MR) is 219 cm³/mol. The Morgan fingerprint density at radius 1 is 0.294 bits per heavy atom. The van der Waals surface area contributed by atoms with Gasteiger partial charge in [-0.25, -0.2) is 0 Å². The largest absolute Gasteiger partial charge is 0.309 e. The van der Waals surface area contributed by atoms with Gasteiger partial charge in [0.15, 0.2) is 0 Å². The van der Waals surface area contributed by atoms with Crippen LogP contribution in [0.3, 0.4) is 0 Å². The summed E-state index contributed by atoms with van der Waals surface area (Å²) in [5.74, 6) is 0. The van der Waals surface area contributed by atoms with Gasteiger partial charge in [0.1, 0.15) is 0 Å². The molecule has 0 bridgehead atoms. The van der Waals surface area contributed by atoms with Crippen LogP contribution in [0, 0.1) is 0 Å². The SMILES string of the molecule is c1ccc(-c2ccc(-n3c4ccccc4c4c5c6cc(-c7ccc8sc9ccccc9c8c7)ccc6n(-c6ccccc6)c5ccc43)cc2)cc1. The van der Waals surface area contributed by atoms with Crippen LogP contribution in [0.4, 0.5) is 0 Å². The van der Waals surface area contributed by atoms with Crippen molar-refractivity contribution >= 4 is 75.1 Å². The van der Waals surface area contributed by atoms with Gasteiger partial charge >= 0.3 is 0 Å². The monoisotopic (exact) mass is 666 g/mol. The van der Waals surface area contributed by atoms with Crippen molar-refractivity contribution in [2.24, 2.45) is 0 Å². The minimum Gasteiger partial charge on any atom is -0.309 e. The molecule has 3 heterocycles. The summed E-state index contributed by atoms with van der Waals surface area (Å²) < 4.78 is 7.53. The Balaban J connectivity index is 1.20. The molecule has 0 saturated heterocycles. The Morgan fingerprint density at radius 2 is 0.784 bits per heavy atom. The zero-order valence-corrected chi connectivity index (χ0v) is 28.4. The average Bonchev–Trinajstić information content (AvgIpc) is 3.85. The van der Waals surface area contributed by atoms with Crippen LogP contribution in [0.1, 0.15) is 0 Å². The van der Waals surface area contributed by atoms with E-state index < -0.39 is 0 Å². The third kappa shape index (κ3) is 4.29. The van der Waals surface area contributed by atoms with Gasteiger partial charge in [-0.1, -0.05) is 109 Å². The lowest BCUT2D eigenvalue weighted by Crippen LogP contribution is -1.94. The molecular formula is C48H30N2S. The molecule has 0 radical (unpaired) electrons. The number of para-hydroxylation sites is 2. The van der Waals surface area contributed by atoms with Gasteiger partial charge in [0.2, 0.25) is 0 Å². The Bertz CT molecular complexity index is 3110. The molecule has 11 aromatic rings. The van der Waals surface area contributed by atoms with Crippen LogP contribution in [0.15, 0.2) is 182 Å². The summed E-state index contributed by atoms with van der Waals surface area (Å²) in [6.07, 6.45) is 0. The summed E-state index contributed by atoms with van der Waals surface area (Å²) >= 11 is 1.87. The van der Waals surface area contributed by atoms with Crippen LogP contribution in [0.2, 0.25) is 0 Å². The molecule has 3 aromatic heterocycles. The number of nitrogens with zero attached hydrogens (tertiary/aromatic N) is 2. The maximum Gasteiger partial charge on any atom is 0.0548 e. The molecule has 0 N–H and O–H groups in total. The van der Waals surface area contributed by atoms with Gasteiger partial charge in [0, 0.05) is 53.1 Å². The number of fused-ring (bicyclic) bond motifs is 10. The van der Waals surface area contributed by atoms with Crippen molar-refractivity contribution in [2.75, 3.05) is 0 Å². The zero-order valence-electron chi connectivity index (χ0n) is 27.6. The van der Waals surface area contributed by atoms with Crippen LogP contribution in [-0.2, 0) is 0 Å². The molecule has 0 unspecified atom stereocenters. The quantitative estimate of drug-likeness (QED) is 0.177. The highest BCUT2D eigenvalue weighted by molar-refractivity contribution is 7.25. The van der Waals surface area contributed by atoms with E-state index in [1.165, 1.54) is 86.0 Å². The Morgan fingerprint density at radius 3 is 1.55 bits per heavy atom. The molecule has 0 aliphatic heterocycles. The topological polar surface area (TPSA) is 9.86 Å². The van der Waals surface area contributed by atoms with Gasteiger partial charge in [-0.2, -0.15) is 0 Å². The van der Waals surface area contributed by atoms with E-state index in [1.807, 2.05) is 11.3 Å². The highest BCUT2D eigenvalue weighted by atomic mass is 32.1. The number of hydrogen-bond acceptors (Lipinski definition) is 1. The molecule has 0 aliphatic carbocycles. The van der Waals surface area contributed by atoms with Gasteiger partial charge in [0.25, 0.3) is 0 Å². The first kappa shape index (κ1) is 28.4. The summed E-state index contributed by atoms with van der Waals surface area (Å²) in [4.78, 5) is 0. The third-order valence-electron chi connectivity index (χ3n) is 10.5. The molecule has 51 heavy (non-hydrogen) atoms. The van der Waals surface area contributed by atoms with Crippen LogP contribution in [-0.4, -0.2) is 9.13 Å². The molecule has 238 valence electrons. The minimum atomic E-state index is 1.16. The summed E-state index contributed by atoms with van der Waals surface area (Å²) in [5.41, 5.74) is 12.1. The maximum atomic E-state index is 2.43. The molecule has 3 heteroatoms. The lowest BCUT2D eigenvalue weighted by molar-refractivity contribution is 1.17. The molecule has 2 nitrogen and oxygen atoms in total. The molecule has 0 atom stereocenters. The summed E-state index contributed by atoms with van der Waals surface area (Å²) in [6.45, 7) is 0. The van der Waals surface area contributed by atoms with Gasteiger partial charge in [-0.05, 0) is 95.1 Å². The van der Waals surface area contributed by atoms with Crippen LogP contribution in [0.25, 0.3) is 97.4 Å². The number of aromatic nitrogens is 2. The van der Waals surface area contributed by atoms with Crippen molar-refractivity contribution in [1.82, 2.24) is 9.13 Å². The van der Waals surface area contributed by atoms with Gasteiger partial charge < -0.3 is 9.13 Å². The van der Waals surface area contributed by atoms with E-state index in [-0.39, 0.29) is 0 Å². The van der Waals surface area contributed by atoms with Crippen molar-refractivity contribution in [2.45, 2.75) is 0 Å². The molecule has 0 spiro atoms. The van der Waals surface area contributed by atoms with Crippen molar-refractivity contribution in [1.29, 1.82) is 0 Å². The molecule has 8 aromatic carbocycles. The Hall–Kier alpha value is -6.42. The molecule has 11 rings (SSSR count). The third-order valence-corrected chi connectivity index (χ3v) is 11.7. The molecule has 0 aliphatic rings. The molecule has 0 amide bonds. The zero-order chi connectivity index (χ0) is 33.5. The van der Waals surface area contributed by atoms with Crippen molar-refractivity contribution in [3.8, 4) is 33.6 Å². The normalized spacial score (nSPS) is 11.9. The van der Waals surface area contributed by atoms with E-state index in [0.29, 0.717) is 0 Å². The average molecular weight is 667 g/mol. The lowest BCUT2D eigenvalue weighted by atomic mass is 9.99. The highest BCUT2D eigenvalue weighted by Gasteiger charge is 2.21. The van der Waals surface area contributed by atoms with Crippen LogP contribution in [0.5, 0.6) is 0 Å². The first-order chi connectivity index (χ1) is 25.3. The maximum absolute atomic E-state index is 2.43. The smallest absolute Gasteiger partial charge is 0.0548 e.